The molecule has 5 heteroatoms. The van der Waals surface area contributed by atoms with E-state index in [9.17, 15) is 13.6 Å². The summed E-state index contributed by atoms with van der Waals surface area (Å²) >= 11 is 0. The van der Waals surface area contributed by atoms with Gasteiger partial charge in [0, 0.05) is 6.04 Å². The predicted molar refractivity (Wildman–Crippen MR) is 73.3 cm³/mol. The van der Waals surface area contributed by atoms with Gasteiger partial charge in [-0.2, -0.15) is 0 Å². The maximum Gasteiger partial charge on any atom is 0.304 e. The molecule has 1 aromatic carbocycles. The average molecular weight is 285 g/mol. The fourth-order valence-electron chi connectivity index (χ4n) is 2.32. The van der Waals surface area contributed by atoms with Crippen LogP contribution in [0.25, 0.3) is 0 Å². The third-order valence-corrected chi connectivity index (χ3v) is 3.32. The van der Waals surface area contributed by atoms with Crippen molar-refractivity contribution in [2.75, 3.05) is 0 Å². The minimum absolute atomic E-state index is 0.0388. The highest BCUT2D eigenvalue weighted by atomic mass is 19.2. The van der Waals surface area contributed by atoms with Gasteiger partial charge in [0.15, 0.2) is 11.6 Å². The van der Waals surface area contributed by atoms with Crippen molar-refractivity contribution in [3.8, 4) is 0 Å². The van der Waals surface area contributed by atoms with Crippen LogP contribution in [0.15, 0.2) is 18.2 Å². The number of benzene rings is 1. The van der Waals surface area contributed by atoms with Crippen molar-refractivity contribution in [1.29, 1.82) is 0 Å². The third-order valence-electron chi connectivity index (χ3n) is 3.32. The molecule has 0 aromatic heterocycles. The molecule has 0 saturated carbocycles. The minimum Gasteiger partial charge on any atom is -0.481 e. The van der Waals surface area contributed by atoms with Crippen LogP contribution in [-0.4, -0.2) is 17.1 Å². The Morgan fingerprint density at radius 1 is 1.40 bits per heavy atom. The second-order valence-electron chi connectivity index (χ2n) is 5.30. The van der Waals surface area contributed by atoms with Crippen LogP contribution in [0.3, 0.4) is 0 Å². The van der Waals surface area contributed by atoms with E-state index in [1.54, 1.807) is 6.07 Å². The van der Waals surface area contributed by atoms with Crippen molar-refractivity contribution in [2.45, 2.75) is 45.1 Å². The summed E-state index contributed by atoms with van der Waals surface area (Å²) in [5.41, 5.74) is 6.09. The van der Waals surface area contributed by atoms with E-state index in [2.05, 4.69) is 0 Å². The van der Waals surface area contributed by atoms with E-state index in [4.69, 9.17) is 10.8 Å². The Hall–Kier alpha value is -1.49. The molecule has 0 unspecified atom stereocenters. The molecule has 0 aliphatic rings. The summed E-state index contributed by atoms with van der Waals surface area (Å²) in [5, 5.41) is 8.62. The summed E-state index contributed by atoms with van der Waals surface area (Å²) < 4.78 is 26.4. The standard InChI is InChI=1S/C15H21F2NO2/c1-10(8-12(18)9-14(19)20)4-2-5-11-6-3-7-13(16)15(11)17/h3,6-7,10,12H,2,4-5,8-9,18H2,1H3,(H,19,20)/t10-,12-/m0/s1. The number of hydrogen-bond donors (Lipinski definition) is 2. The molecule has 20 heavy (non-hydrogen) atoms. The van der Waals surface area contributed by atoms with Crippen LogP contribution in [0, 0.1) is 17.6 Å². The van der Waals surface area contributed by atoms with E-state index in [1.165, 1.54) is 6.07 Å². The normalized spacial score (nSPS) is 14.0. The lowest BCUT2D eigenvalue weighted by molar-refractivity contribution is -0.137. The number of nitrogens with two attached hydrogens (primary N) is 1. The first-order chi connectivity index (χ1) is 9.40. The highest BCUT2D eigenvalue weighted by molar-refractivity contribution is 5.67. The fourth-order valence-corrected chi connectivity index (χ4v) is 2.32. The lowest BCUT2D eigenvalue weighted by Crippen LogP contribution is -2.26. The highest BCUT2D eigenvalue weighted by Crippen LogP contribution is 2.18. The molecule has 3 N–H and O–H groups in total. The first kappa shape index (κ1) is 16.6. The van der Waals surface area contributed by atoms with Crippen molar-refractivity contribution in [3.63, 3.8) is 0 Å². The number of carboxylic acid groups (broad SMARTS) is 1. The van der Waals surface area contributed by atoms with Gasteiger partial charge in [-0.05, 0) is 36.8 Å². The Balaban J connectivity index is 2.33. The van der Waals surface area contributed by atoms with Gasteiger partial charge in [0.1, 0.15) is 0 Å². The molecule has 0 heterocycles. The fraction of sp³-hybridized carbons (Fsp3) is 0.533. The quantitative estimate of drug-likeness (QED) is 0.771. The van der Waals surface area contributed by atoms with E-state index in [1.807, 2.05) is 6.92 Å². The zero-order chi connectivity index (χ0) is 15.1. The molecule has 0 spiro atoms. The van der Waals surface area contributed by atoms with E-state index in [0.717, 1.165) is 18.9 Å². The Morgan fingerprint density at radius 2 is 2.10 bits per heavy atom. The maximum absolute atomic E-state index is 13.4. The number of carboxylic acids is 1. The minimum atomic E-state index is -0.897. The van der Waals surface area contributed by atoms with E-state index < -0.39 is 17.6 Å². The summed E-state index contributed by atoms with van der Waals surface area (Å²) in [6.45, 7) is 1.99. The molecule has 112 valence electrons. The highest BCUT2D eigenvalue weighted by Gasteiger charge is 2.13. The van der Waals surface area contributed by atoms with Crippen molar-refractivity contribution >= 4 is 5.97 Å². The first-order valence-electron chi connectivity index (χ1n) is 6.80. The second-order valence-corrected chi connectivity index (χ2v) is 5.30. The number of aliphatic carboxylic acids is 1. The summed E-state index contributed by atoms with van der Waals surface area (Å²) in [6.07, 6.45) is 2.59. The molecule has 1 aromatic rings. The molecule has 1 rings (SSSR count). The lowest BCUT2D eigenvalue weighted by atomic mass is 9.94. The third kappa shape index (κ3) is 5.65. The lowest BCUT2D eigenvalue weighted by Gasteiger charge is -2.15. The number of hydrogen-bond acceptors (Lipinski definition) is 2. The summed E-state index contributed by atoms with van der Waals surface area (Å²) in [6, 6.07) is 3.83. The summed E-state index contributed by atoms with van der Waals surface area (Å²) in [4.78, 5) is 10.5. The topological polar surface area (TPSA) is 63.3 Å². The van der Waals surface area contributed by atoms with Gasteiger partial charge in [0.25, 0.3) is 0 Å². The van der Waals surface area contributed by atoms with Crippen LogP contribution < -0.4 is 5.73 Å². The van der Waals surface area contributed by atoms with Crippen molar-refractivity contribution in [3.05, 3.63) is 35.4 Å². The molecule has 3 nitrogen and oxygen atoms in total. The molecule has 0 amide bonds. The Kier molecular flexibility index (Phi) is 6.58. The Labute approximate surface area is 117 Å². The largest absolute Gasteiger partial charge is 0.481 e. The van der Waals surface area contributed by atoms with Gasteiger partial charge in [-0.1, -0.05) is 25.5 Å². The smallest absolute Gasteiger partial charge is 0.304 e. The molecule has 0 aliphatic heterocycles. The number of carbonyl (C=O) groups is 1. The SMILES string of the molecule is C[C@@H](CCCc1cccc(F)c1F)C[C@H](N)CC(=O)O. The van der Waals surface area contributed by atoms with Crippen LogP contribution in [0.5, 0.6) is 0 Å². The monoisotopic (exact) mass is 285 g/mol. The van der Waals surface area contributed by atoms with Gasteiger partial charge in [-0.25, -0.2) is 8.78 Å². The van der Waals surface area contributed by atoms with E-state index >= 15 is 0 Å². The zero-order valence-corrected chi connectivity index (χ0v) is 11.6. The molecule has 2 atom stereocenters. The van der Waals surface area contributed by atoms with Crippen LogP contribution >= 0.6 is 0 Å². The zero-order valence-electron chi connectivity index (χ0n) is 11.6. The molecule has 0 bridgehead atoms. The van der Waals surface area contributed by atoms with E-state index in [-0.39, 0.29) is 18.4 Å². The molecule has 0 saturated heterocycles. The van der Waals surface area contributed by atoms with Crippen LogP contribution in [-0.2, 0) is 11.2 Å². The van der Waals surface area contributed by atoms with Gasteiger partial charge in [0.2, 0.25) is 0 Å². The van der Waals surface area contributed by atoms with Crippen molar-refractivity contribution in [2.24, 2.45) is 11.7 Å². The Bertz CT molecular complexity index is 451. The van der Waals surface area contributed by atoms with Crippen molar-refractivity contribution < 1.29 is 18.7 Å². The molecular weight excluding hydrogens is 264 g/mol. The van der Waals surface area contributed by atoms with Crippen LogP contribution in [0.1, 0.15) is 38.2 Å². The van der Waals surface area contributed by atoms with Crippen molar-refractivity contribution in [1.82, 2.24) is 0 Å². The Morgan fingerprint density at radius 3 is 2.75 bits per heavy atom. The number of halogens is 2. The average Bonchev–Trinajstić information content (AvgIpc) is 2.33. The molecular formula is C15H21F2NO2. The molecule has 0 fully saturated rings. The number of aryl methyl sites for hydroxylation is 1. The predicted octanol–water partition coefficient (Wildman–Crippen LogP) is 3.12. The van der Waals surface area contributed by atoms with Crippen LogP contribution in [0.2, 0.25) is 0 Å². The van der Waals surface area contributed by atoms with Gasteiger partial charge in [-0.3, -0.25) is 4.79 Å². The second kappa shape index (κ2) is 7.94. The molecule has 0 radical (unpaired) electrons. The van der Waals surface area contributed by atoms with E-state index in [0.29, 0.717) is 18.4 Å². The number of rotatable bonds is 8. The first-order valence-corrected chi connectivity index (χ1v) is 6.80. The van der Waals surface area contributed by atoms with Gasteiger partial charge in [0.05, 0.1) is 6.42 Å². The van der Waals surface area contributed by atoms with Crippen LogP contribution in [0.4, 0.5) is 8.78 Å². The summed E-state index contributed by atoms with van der Waals surface area (Å²) in [7, 11) is 0. The van der Waals surface area contributed by atoms with Gasteiger partial charge in [-0.15, -0.1) is 0 Å². The van der Waals surface area contributed by atoms with Gasteiger partial charge >= 0.3 is 5.97 Å². The molecule has 0 aliphatic carbocycles. The van der Waals surface area contributed by atoms with Gasteiger partial charge < -0.3 is 10.8 Å². The maximum atomic E-state index is 13.4. The summed E-state index contributed by atoms with van der Waals surface area (Å²) in [5.74, 6) is -2.23.